The molecule has 11 heteroatoms. The van der Waals surface area contributed by atoms with Gasteiger partial charge in [0.1, 0.15) is 6.04 Å². The first-order chi connectivity index (χ1) is 13.6. The van der Waals surface area contributed by atoms with Gasteiger partial charge in [0.25, 0.3) is 0 Å². The number of carbonyl (C=O) groups excluding carboxylic acids is 1. The van der Waals surface area contributed by atoms with Crippen molar-refractivity contribution in [3.05, 3.63) is 53.1 Å². The van der Waals surface area contributed by atoms with Crippen LogP contribution in [0, 0.1) is 0 Å². The molecule has 0 spiro atoms. The van der Waals surface area contributed by atoms with Crippen LogP contribution in [-0.4, -0.2) is 33.0 Å². The number of rotatable bonds is 3. The number of alkyl halides is 3. The molecule has 0 saturated carbocycles. The molecule has 1 fully saturated rings. The SMILES string of the molecule is O=C1Nc2ccccc2N2CC(NS(=O)(=O)c3ccc(Cl)c(C(F)(F)F)c3)CC12. The minimum absolute atomic E-state index is 0.194. The van der Waals surface area contributed by atoms with E-state index in [0.717, 1.165) is 17.8 Å². The number of anilines is 2. The second-order valence-electron chi connectivity index (χ2n) is 6.87. The average molecular weight is 446 g/mol. The minimum atomic E-state index is -4.78. The highest BCUT2D eigenvalue weighted by Crippen LogP contribution is 2.38. The third-order valence-corrected chi connectivity index (χ3v) is 6.80. The summed E-state index contributed by atoms with van der Waals surface area (Å²) in [6.07, 6.45) is -4.59. The molecule has 6 nitrogen and oxygen atoms in total. The summed E-state index contributed by atoms with van der Waals surface area (Å²) < 4.78 is 66.9. The Hall–Kier alpha value is -2.30. The normalized spacial score (nSPS) is 21.5. The number of hydrogen-bond donors (Lipinski definition) is 2. The third kappa shape index (κ3) is 3.67. The van der Waals surface area contributed by atoms with Crippen molar-refractivity contribution in [3.8, 4) is 0 Å². The number of nitrogens with zero attached hydrogens (tertiary/aromatic N) is 1. The van der Waals surface area contributed by atoms with Gasteiger partial charge in [-0.2, -0.15) is 13.2 Å². The van der Waals surface area contributed by atoms with Crippen LogP contribution >= 0.6 is 11.6 Å². The minimum Gasteiger partial charge on any atom is -0.356 e. The molecule has 2 aromatic carbocycles. The Morgan fingerprint density at radius 2 is 1.90 bits per heavy atom. The number of nitrogens with one attached hydrogen (secondary N) is 2. The van der Waals surface area contributed by atoms with E-state index in [1.54, 1.807) is 23.1 Å². The van der Waals surface area contributed by atoms with E-state index >= 15 is 0 Å². The molecule has 2 aliphatic heterocycles. The first-order valence-corrected chi connectivity index (χ1v) is 10.5. The molecule has 0 aliphatic carbocycles. The highest BCUT2D eigenvalue weighted by molar-refractivity contribution is 7.89. The monoisotopic (exact) mass is 445 g/mol. The van der Waals surface area contributed by atoms with Gasteiger partial charge in [-0.1, -0.05) is 23.7 Å². The van der Waals surface area contributed by atoms with E-state index < -0.39 is 43.8 Å². The zero-order valence-corrected chi connectivity index (χ0v) is 16.3. The molecule has 2 aromatic rings. The number of carbonyl (C=O) groups is 1. The maximum Gasteiger partial charge on any atom is 0.417 e. The molecule has 2 N–H and O–H groups in total. The van der Waals surface area contributed by atoms with Gasteiger partial charge in [-0.05, 0) is 36.8 Å². The summed E-state index contributed by atoms with van der Waals surface area (Å²) in [5.74, 6) is -0.253. The van der Waals surface area contributed by atoms with Crippen LogP contribution in [0.2, 0.25) is 5.02 Å². The maximum absolute atomic E-state index is 13.1. The maximum atomic E-state index is 13.1. The fourth-order valence-corrected chi connectivity index (χ4v) is 5.15. The van der Waals surface area contributed by atoms with Gasteiger partial charge >= 0.3 is 6.18 Å². The van der Waals surface area contributed by atoms with E-state index in [2.05, 4.69) is 10.0 Å². The average Bonchev–Trinajstić information content (AvgIpc) is 3.05. The number of halogens is 4. The van der Waals surface area contributed by atoms with E-state index in [-0.39, 0.29) is 18.9 Å². The number of amides is 1. The number of hydrogen-bond acceptors (Lipinski definition) is 4. The van der Waals surface area contributed by atoms with Crippen molar-refractivity contribution in [2.24, 2.45) is 0 Å². The summed E-state index contributed by atoms with van der Waals surface area (Å²) >= 11 is 5.56. The molecule has 1 saturated heterocycles. The first-order valence-electron chi connectivity index (χ1n) is 8.62. The van der Waals surface area contributed by atoms with Crippen LogP contribution in [0.3, 0.4) is 0 Å². The van der Waals surface area contributed by atoms with Crippen molar-refractivity contribution in [2.75, 3.05) is 16.8 Å². The Kier molecular flexibility index (Phi) is 4.75. The second-order valence-corrected chi connectivity index (χ2v) is 8.99. The van der Waals surface area contributed by atoms with Gasteiger partial charge in [0.2, 0.25) is 15.9 Å². The Bertz CT molecular complexity index is 1090. The highest BCUT2D eigenvalue weighted by atomic mass is 35.5. The molecule has 4 rings (SSSR count). The Balaban J connectivity index is 1.59. The standard InChI is InChI=1S/C18H15ClF3N3O3S/c19-13-6-5-11(8-12(13)18(20,21)22)29(27,28)24-10-7-16-17(26)23-14-3-1-2-4-15(14)25(16)9-10/h1-6,8,10,16,24H,7,9H2,(H,23,26). The predicted octanol–water partition coefficient (Wildman–Crippen LogP) is 3.24. The number of fused-ring (bicyclic) bond motifs is 3. The molecule has 0 aromatic heterocycles. The van der Waals surface area contributed by atoms with Gasteiger partial charge in [-0.15, -0.1) is 0 Å². The molecular weight excluding hydrogens is 431 g/mol. The van der Waals surface area contributed by atoms with Gasteiger partial charge in [-0.3, -0.25) is 4.79 Å². The Morgan fingerprint density at radius 3 is 2.62 bits per heavy atom. The summed E-state index contributed by atoms with van der Waals surface area (Å²) in [6, 6.07) is 8.35. The lowest BCUT2D eigenvalue weighted by molar-refractivity contribution is -0.137. The highest BCUT2D eigenvalue weighted by Gasteiger charge is 2.42. The largest absolute Gasteiger partial charge is 0.417 e. The zero-order chi connectivity index (χ0) is 21.0. The van der Waals surface area contributed by atoms with Crippen molar-refractivity contribution in [1.82, 2.24) is 4.72 Å². The van der Waals surface area contributed by atoms with Crippen LogP contribution in [0.15, 0.2) is 47.4 Å². The van der Waals surface area contributed by atoms with E-state index in [9.17, 15) is 26.4 Å². The number of sulfonamides is 1. The molecule has 29 heavy (non-hydrogen) atoms. The summed E-state index contributed by atoms with van der Waals surface area (Å²) in [7, 11) is -4.25. The van der Waals surface area contributed by atoms with Crippen molar-refractivity contribution >= 4 is 38.9 Å². The summed E-state index contributed by atoms with van der Waals surface area (Å²) in [4.78, 5) is 13.6. The zero-order valence-electron chi connectivity index (χ0n) is 14.7. The lowest BCUT2D eigenvalue weighted by Crippen LogP contribution is -2.44. The van der Waals surface area contributed by atoms with Gasteiger partial charge in [-0.25, -0.2) is 13.1 Å². The van der Waals surface area contributed by atoms with Crippen LogP contribution < -0.4 is 14.9 Å². The van der Waals surface area contributed by atoms with E-state index in [1.807, 2.05) is 6.07 Å². The van der Waals surface area contributed by atoms with Gasteiger partial charge < -0.3 is 10.2 Å². The number of para-hydroxylation sites is 2. The molecular formula is C18H15ClF3N3O3S. The summed E-state index contributed by atoms with van der Waals surface area (Å²) in [5.41, 5.74) is 0.175. The topological polar surface area (TPSA) is 78.5 Å². The quantitative estimate of drug-likeness (QED) is 0.760. The molecule has 0 bridgehead atoms. The van der Waals surface area contributed by atoms with Crippen molar-refractivity contribution in [2.45, 2.75) is 29.6 Å². The Labute approximate surface area is 169 Å². The third-order valence-electron chi connectivity index (χ3n) is 4.95. The fraction of sp³-hybridized carbons (Fsp3) is 0.278. The molecule has 2 heterocycles. The van der Waals surface area contributed by atoms with Gasteiger partial charge in [0.05, 0.1) is 26.9 Å². The van der Waals surface area contributed by atoms with E-state index in [4.69, 9.17) is 11.6 Å². The first kappa shape index (κ1) is 20.0. The smallest absolute Gasteiger partial charge is 0.356 e. The lowest BCUT2D eigenvalue weighted by Gasteiger charge is -2.32. The van der Waals surface area contributed by atoms with Crippen LogP contribution in [0.5, 0.6) is 0 Å². The van der Waals surface area contributed by atoms with Crippen LogP contribution in [0.25, 0.3) is 0 Å². The van der Waals surface area contributed by atoms with E-state index in [0.29, 0.717) is 11.8 Å². The molecule has 2 atom stereocenters. The molecule has 2 unspecified atom stereocenters. The van der Waals surface area contributed by atoms with Crippen molar-refractivity contribution < 1.29 is 26.4 Å². The van der Waals surface area contributed by atoms with Crippen molar-refractivity contribution in [1.29, 1.82) is 0 Å². The summed E-state index contributed by atoms with van der Waals surface area (Å²) in [6.45, 7) is 0.216. The van der Waals surface area contributed by atoms with E-state index in [1.165, 1.54) is 0 Å². The van der Waals surface area contributed by atoms with Gasteiger partial charge in [0, 0.05) is 12.6 Å². The van der Waals surface area contributed by atoms with Crippen LogP contribution in [-0.2, 0) is 21.0 Å². The summed E-state index contributed by atoms with van der Waals surface area (Å²) in [5, 5.41) is 2.20. The second kappa shape index (κ2) is 6.89. The number of benzene rings is 2. The van der Waals surface area contributed by atoms with Crippen molar-refractivity contribution in [3.63, 3.8) is 0 Å². The fourth-order valence-electron chi connectivity index (χ4n) is 3.66. The van der Waals surface area contributed by atoms with Gasteiger partial charge in [0.15, 0.2) is 0 Å². The molecule has 2 aliphatic rings. The Morgan fingerprint density at radius 1 is 1.17 bits per heavy atom. The predicted molar refractivity (Wildman–Crippen MR) is 101 cm³/mol. The van der Waals surface area contributed by atoms with Crippen LogP contribution in [0.4, 0.5) is 24.5 Å². The molecule has 0 radical (unpaired) electrons. The van der Waals surface area contributed by atoms with Crippen LogP contribution in [0.1, 0.15) is 12.0 Å². The lowest BCUT2D eigenvalue weighted by atomic mass is 10.1. The molecule has 1 amide bonds. The molecule has 154 valence electrons.